The number of nitrogens with zero attached hydrogens (tertiary/aromatic N) is 1. The highest BCUT2D eigenvalue weighted by Crippen LogP contribution is 2.60. The summed E-state index contributed by atoms with van der Waals surface area (Å²) in [5, 5.41) is 0. The SMILES string of the molecule is C=C(C)C=CC1=C(C)c2ccccc2C2=CC(N(c3ccc(C4=CCCC=C4)cc3)c3ccc4c(c3)-c3c(ccc(CC#CC)c3SCC=CC)C4(c3ccccc3)c3ccccc3)=CC(C)C21. The lowest BCUT2D eigenvalue weighted by Gasteiger charge is -2.39. The molecule has 2 unspecified atom stereocenters. The molecule has 0 saturated carbocycles. The summed E-state index contributed by atoms with van der Waals surface area (Å²) in [6.45, 7) is 15.1. The minimum Gasteiger partial charge on any atom is -0.311 e. The van der Waals surface area contributed by atoms with E-state index in [-0.39, 0.29) is 11.8 Å². The molecule has 68 heavy (non-hydrogen) atoms. The van der Waals surface area contributed by atoms with E-state index in [1.54, 1.807) is 0 Å². The third kappa shape index (κ3) is 7.94. The van der Waals surface area contributed by atoms with Crippen molar-refractivity contribution in [2.45, 2.75) is 64.2 Å². The number of allylic oxidation sites excluding steroid dienone is 13. The first-order chi connectivity index (χ1) is 33.3. The maximum Gasteiger partial charge on any atom is 0.0714 e. The van der Waals surface area contributed by atoms with Gasteiger partial charge in [0.15, 0.2) is 0 Å². The van der Waals surface area contributed by atoms with Crippen LogP contribution in [-0.4, -0.2) is 5.75 Å². The molecule has 334 valence electrons. The maximum atomic E-state index is 4.23. The summed E-state index contributed by atoms with van der Waals surface area (Å²) in [5.41, 5.74) is 22.2. The molecule has 6 aromatic rings. The number of hydrogen-bond acceptors (Lipinski definition) is 2. The Hall–Kier alpha value is -7.05. The Kier molecular flexibility index (Phi) is 12.7. The van der Waals surface area contributed by atoms with Gasteiger partial charge in [0.1, 0.15) is 0 Å². The molecule has 4 aliphatic carbocycles. The van der Waals surface area contributed by atoms with Gasteiger partial charge in [0, 0.05) is 45.6 Å². The lowest BCUT2D eigenvalue weighted by molar-refractivity contribution is 0.593. The molecule has 4 aliphatic rings. The zero-order valence-corrected chi connectivity index (χ0v) is 40.8. The molecule has 0 saturated heterocycles. The van der Waals surface area contributed by atoms with E-state index in [9.17, 15) is 0 Å². The van der Waals surface area contributed by atoms with Crippen LogP contribution in [0.5, 0.6) is 0 Å². The predicted molar refractivity (Wildman–Crippen MR) is 293 cm³/mol. The number of anilines is 2. The van der Waals surface area contributed by atoms with E-state index in [0.717, 1.165) is 35.5 Å². The molecule has 1 nitrogen and oxygen atoms in total. The van der Waals surface area contributed by atoms with Gasteiger partial charge < -0.3 is 4.90 Å². The van der Waals surface area contributed by atoms with E-state index in [0.29, 0.717) is 6.42 Å². The molecular weight excluding hydrogens is 839 g/mol. The fourth-order valence-electron chi connectivity index (χ4n) is 11.2. The third-order valence-electron chi connectivity index (χ3n) is 14.3. The molecule has 2 atom stereocenters. The number of rotatable bonds is 12. The van der Waals surface area contributed by atoms with Crippen molar-refractivity contribution < 1.29 is 0 Å². The Morgan fingerprint density at radius 3 is 2.18 bits per heavy atom. The first kappa shape index (κ1) is 44.8. The quantitative estimate of drug-likeness (QED) is 0.0520. The van der Waals surface area contributed by atoms with Crippen molar-refractivity contribution in [1.29, 1.82) is 0 Å². The summed E-state index contributed by atoms with van der Waals surface area (Å²) in [7, 11) is 0. The van der Waals surface area contributed by atoms with Crippen LogP contribution < -0.4 is 4.90 Å². The van der Waals surface area contributed by atoms with Crippen molar-refractivity contribution in [1.82, 2.24) is 0 Å². The van der Waals surface area contributed by atoms with E-state index in [4.69, 9.17) is 0 Å². The van der Waals surface area contributed by atoms with Gasteiger partial charge in [-0.25, -0.2) is 0 Å². The third-order valence-corrected chi connectivity index (χ3v) is 15.4. The van der Waals surface area contributed by atoms with Crippen molar-refractivity contribution in [2.75, 3.05) is 10.7 Å². The molecule has 0 bridgehead atoms. The predicted octanol–water partition coefficient (Wildman–Crippen LogP) is 17.3. The Morgan fingerprint density at radius 1 is 0.809 bits per heavy atom. The van der Waals surface area contributed by atoms with Crippen LogP contribution in [0.3, 0.4) is 0 Å². The summed E-state index contributed by atoms with van der Waals surface area (Å²) >= 11 is 1.93. The summed E-state index contributed by atoms with van der Waals surface area (Å²) in [6.07, 6.45) is 23.8. The van der Waals surface area contributed by atoms with Crippen LogP contribution >= 0.6 is 11.8 Å². The van der Waals surface area contributed by atoms with Gasteiger partial charge in [-0.2, -0.15) is 0 Å². The molecule has 0 amide bonds. The first-order valence-electron chi connectivity index (χ1n) is 24.2. The minimum absolute atomic E-state index is 0.212. The number of fused-ring (bicyclic) bond motifs is 6. The Labute approximate surface area is 409 Å². The van der Waals surface area contributed by atoms with Crippen LogP contribution in [0.15, 0.2) is 223 Å². The van der Waals surface area contributed by atoms with Crippen LogP contribution in [0.2, 0.25) is 0 Å². The topological polar surface area (TPSA) is 3.24 Å². The second kappa shape index (κ2) is 19.3. The summed E-state index contributed by atoms with van der Waals surface area (Å²) in [5.74, 6) is 7.96. The van der Waals surface area contributed by atoms with E-state index in [1.807, 2.05) is 18.7 Å². The van der Waals surface area contributed by atoms with Crippen molar-refractivity contribution >= 4 is 39.9 Å². The average Bonchev–Trinajstić information content (AvgIpc) is 3.67. The van der Waals surface area contributed by atoms with Gasteiger partial charge in [0.25, 0.3) is 0 Å². The monoisotopic (exact) mass is 897 g/mol. The fraction of sp³-hybridized carbons (Fsp3) is 0.182. The molecule has 6 aromatic carbocycles. The molecule has 0 aliphatic heterocycles. The van der Waals surface area contributed by atoms with Crippen LogP contribution in [0.25, 0.3) is 27.8 Å². The van der Waals surface area contributed by atoms with Gasteiger partial charge in [0.05, 0.1) is 5.41 Å². The van der Waals surface area contributed by atoms with Gasteiger partial charge in [0.2, 0.25) is 0 Å². The molecule has 0 aromatic heterocycles. The van der Waals surface area contributed by atoms with Gasteiger partial charge in [-0.1, -0.05) is 189 Å². The second-order valence-electron chi connectivity index (χ2n) is 18.5. The molecule has 2 heteroatoms. The van der Waals surface area contributed by atoms with Crippen LogP contribution in [0.4, 0.5) is 11.4 Å². The fourth-order valence-corrected chi connectivity index (χ4v) is 12.4. The van der Waals surface area contributed by atoms with Gasteiger partial charge in [-0.3, -0.25) is 0 Å². The van der Waals surface area contributed by atoms with Crippen molar-refractivity contribution in [3.05, 3.63) is 262 Å². The van der Waals surface area contributed by atoms with Gasteiger partial charge in [-0.15, -0.1) is 17.7 Å². The second-order valence-corrected chi connectivity index (χ2v) is 19.6. The molecular formula is C66H59NS. The Morgan fingerprint density at radius 2 is 1.50 bits per heavy atom. The van der Waals surface area contributed by atoms with Gasteiger partial charge >= 0.3 is 0 Å². The van der Waals surface area contributed by atoms with Crippen molar-refractivity contribution in [3.63, 3.8) is 0 Å². The van der Waals surface area contributed by atoms with E-state index >= 15 is 0 Å². The van der Waals surface area contributed by atoms with Crippen LogP contribution in [0.1, 0.15) is 92.0 Å². The molecule has 0 spiro atoms. The number of hydrogen-bond donors (Lipinski definition) is 0. The van der Waals surface area contributed by atoms with E-state index < -0.39 is 5.41 Å². The average molecular weight is 898 g/mol. The summed E-state index contributed by atoms with van der Waals surface area (Å²) in [6, 6.07) is 52.7. The molecule has 0 N–H and O–H groups in total. The largest absolute Gasteiger partial charge is 0.311 e. The Bertz CT molecular complexity index is 3170. The first-order valence-corrected chi connectivity index (χ1v) is 25.2. The highest BCUT2D eigenvalue weighted by atomic mass is 32.2. The molecule has 0 fully saturated rings. The summed E-state index contributed by atoms with van der Waals surface area (Å²) < 4.78 is 0. The smallest absolute Gasteiger partial charge is 0.0714 e. The Balaban J connectivity index is 1.24. The number of benzene rings is 6. The lowest BCUT2D eigenvalue weighted by Crippen LogP contribution is -2.29. The van der Waals surface area contributed by atoms with Crippen molar-refractivity contribution in [2.24, 2.45) is 11.8 Å². The van der Waals surface area contributed by atoms with Crippen LogP contribution in [0, 0.1) is 23.7 Å². The molecule has 10 rings (SSSR count). The van der Waals surface area contributed by atoms with E-state index in [1.165, 1.54) is 88.5 Å². The zero-order chi connectivity index (χ0) is 46.8. The van der Waals surface area contributed by atoms with E-state index in [2.05, 4.69) is 245 Å². The normalized spacial score (nSPS) is 17.6. The molecule has 0 heterocycles. The van der Waals surface area contributed by atoms with Crippen LogP contribution in [-0.2, 0) is 11.8 Å². The number of thioether (sulfide) groups is 1. The lowest BCUT2D eigenvalue weighted by atomic mass is 9.67. The highest BCUT2D eigenvalue weighted by Gasteiger charge is 2.47. The zero-order valence-electron chi connectivity index (χ0n) is 40.0. The highest BCUT2D eigenvalue weighted by molar-refractivity contribution is 7.99. The van der Waals surface area contributed by atoms with Crippen molar-refractivity contribution in [3.8, 4) is 23.0 Å². The van der Waals surface area contributed by atoms with Gasteiger partial charge in [-0.05, 0) is 149 Å². The minimum atomic E-state index is -0.540. The maximum absolute atomic E-state index is 4.23. The summed E-state index contributed by atoms with van der Waals surface area (Å²) in [4.78, 5) is 3.84. The standard InChI is InChI=1S/C66H59NS/c1-7-9-22-50-34-39-62-64(65(50)68-41-10-8-2)60-43-54(37-40-61(60)66(62,51-25-16-12-17-26-51)52-27-18-13-19-28-52)67(53-35-32-49(33-36-53)48-23-14-11-15-24-48)55-42-46(5)63-57(38-31-45(3)4)47(6)56-29-20-21-30-58(56)59(63)44-55/h8,10,12-14,16-21,23-40,42-44,46,63H,3,11,15,22,41H2,1-2,4-6H3. The molecule has 0 radical (unpaired) electrons.